The number of carboxylic acids is 1. The number of thiazole rings is 1. The first kappa shape index (κ1) is 15.9. The minimum Gasteiger partial charge on any atom is -0.481 e. The SMILES string of the molecule is CN(Cc1nc2ccccc2s1)C(=O)C1CCC(C(=O)O)CC1. The fourth-order valence-electron chi connectivity index (χ4n) is 3.17. The number of nitrogens with zero attached hydrogens (tertiary/aromatic N) is 2. The second-order valence-electron chi connectivity index (χ2n) is 6.16. The normalized spacial score (nSPS) is 21.3. The third-order valence-electron chi connectivity index (χ3n) is 4.51. The van der Waals surface area contributed by atoms with Crippen molar-refractivity contribution in [3.63, 3.8) is 0 Å². The van der Waals surface area contributed by atoms with Gasteiger partial charge in [0.05, 0.1) is 22.7 Å². The molecule has 122 valence electrons. The Morgan fingerprint density at radius 2 is 1.87 bits per heavy atom. The molecule has 0 atom stereocenters. The highest BCUT2D eigenvalue weighted by atomic mass is 32.1. The van der Waals surface area contributed by atoms with Gasteiger partial charge in [-0.05, 0) is 37.8 Å². The molecule has 1 aliphatic rings. The Hall–Kier alpha value is -1.95. The number of aliphatic carboxylic acids is 1. The molecular weight excluding hydrogens is 312 g/mol. The van der Waals surface area contributed by atoms with E-state index in [2.05, 4.69) is 4.98 Å². The molecule has 1 aromatic carbocycles. The number of rotatable bonds is 4. The Labute approximate surface area is 138 Å². The molecule has 0 unspecified atom stereocenters. The van der Waals surface area contributed by atoms with Gasteiger partial charge in [-0.1, -0.05) is 12.1 Å². The Morgan fingerprint density at radius 3 is 2.52 bits per heavy atom. The van der Waals surface area contributed by atoms with E-state index in [1.165, 1.54) is 0 Å². The molecule has 0 saturated heterocycles. The van der Waals surface area contributed by atoms with Gasteiger partial charge in [0.25, 0.3) is 0 Å². The van der Waals surface area contributed by atoms with Crippen molar-refractivity contribution in [3.05, 3.63) is 29.3 Å². The average molecular weight is 332 g/mol. The van der Waals surface area contributed by atoms with Crippen molar-refractivity contribution in [2.24, 2.45) is 11.8 Å². The molecule has 1 heterocycles. The van der Waals surface area contributed by atoms with Crippen LogP contribution in [0.4, 0.5) is 0 Å². The van der Waals surface area contributed by atoms with Crippen LogP contribution in [-0.4, -0.2) is 33.9 Å². The van der Waals surface area contributed by atoms with Crippen LogP contribution in [0.15, 0.2) is 24.3 Å². The van der Waals surface area contributed by atoms with Crippen molar-refractivity contribution in [1.29, 1.82) is 0 Å². The van der Waals surface area contributed by atoms with E-state index in [9.17, 15) is 9.59 Å². The lowest BCUT2D eigenvalue weighted by atomic mass is 9.81. The topological polar surface area (TPSA) is 70.5 Å². The second-order valence-corrected chi connectivity index (χ2v) is 7.27. The summed E-state index contributed by atoms with van der Waals surface area (Å²) in [6.07, 6.45) is 2.53. The van der Waals surface area contributed by atoms with Gasteiger partial charge >= 0.3 is 5.97 Å². The summed E-state index contributed by atoms with van der Waals surface area (Å²) in [7, 11) is 1.80. The molecular formula is C17H20N2O3S. The van der Waals surface area contributed by atoms with Crippen LogP contribution in [0.25, 0.3) is 10.2 Å². The molecule has 6 heteroatoms. The van der Waals surface area contributed by atoms with Gasteiger partial charge in [0, 0.05) is 13.0 Å². The molecule has 5 nitrogen and oxygen atoms in total. The third kappa shape index (κ3) is 3.52. The van der Waals surface area contributed by atoms with Crippen molar-refractivity contribution < 1.29 is 14.7 Å². The molecule has 0 spiro atoms. The Bertz CT molecular complexity index is 686. The highest BCUT2D eigenvalue weighted by Gasteiger charge is 2.31. The van der Waals surface area contributed by atoms with Crippen LogP contribution >= 0.6 is 11.3 Å². The third-order valence-corrected chi connectivity index (χ3v) is 5.53. The van der Waals surface area contributed by atoms with Gasteiger partial charge in [-0.15, -0.1) is 11.3 Å². The Morgan fingerprint density at radius 1 is 1.22 bits per heavy atom. The van der Waals surface area contributed by atoms with E-state index in [-0.39, 0.29) is 17.7 Å². The van der Waals surface area contributed by atoms with Crippen LogP contribution in [0.5, 0.6) is 0 Å². The number of fused-ring (bicyclic) bond motifs is 1. The molecule has 23 heavy (non-hydrogen) atoms. The molecule has 1 aromatic heterocycles. The highest BCUT2D eigenvalue weighted by Crippen LogP contribution is 2.30. The largest absolute Gasteiger partial charge is 0.481 e. The van der Waals surface area contributed by atoms with Crippen molar-refractivity contribution >= 4 is 33.4 Å². The van der Waals surface area contributed by atoms with Gasteiger partial charge in [0.15, 0.2) is 0 Å². The van der Waals surface area contributed by atoms with Gasteiger partial charge in [-0.3, -0.25) is 9.59 Å². The zero-order chi connectivity index (χ0) is 16.4. The fraction of sp³-hybridized carbons (Fsp3) is 0.471. The van der Waals surface area contributed by atoms with E-state index < -0.39 is 5.97 Å². The highest BCUT2D eigenvalue weighted by molar-refractivity contribution is 7.18. The monoisotopic (exact) mass is 332 g/mol. The molecule has 0 bridgehead atoms. The van der Waals surface area contributed by atoms with Crippen LogP contribution < -0.4 is 0 Å². The van der Waals surface area contributed by atoms with Crippen molar-refractivity contribution in [3.8, 4) is 0 Å². The first-order valence-electron chi connectivity index (χ1n) is 7.87. The van der Waals surface area contributed by atoms with Crippen LogP contribution in [0.2, 0.25) is 0 Å². The van der Waals surface area contributed by atoms with Crippen molar-refractivity contribution in [2.75, 3.05) is 7.05 Å². The number of amides is 1. The van der Waals surface area contributed by atoms with Crippen LogP contribution in [-0.2, 0) is 16.1 Å². The van der Waals surface area contributed by atoms with E-state index >= 15 is 0 Å². The molecule has 1 N–H and O–H groups in total. The number of carboxylic acid groups (broad SMARTS) is 1. The molecule has 1 amide bonds. The Kier molecular flexibility index (Phi) is 4.61. The summed E-state index contributed by atoms with van der Waals surface area (Å²) in [6, 6.07) is 7.96. The van der Waals surface area contributed by atoms with Crippen molar-refractivity contribution in [2.45, 2.75) is 32.2 Å². The van der Waals surface area contributed by atoms with E-state index in [0.29, 0.717) is 32.2 Å². The van der Waals surface area contributed by atoms with E-state index in [4.69, 9.17) is 5.11 Å². The number of hydrogen-bond donors (Lipinski definition) is 1. The summed E-state index contributed by atoms with van der Waals surface area (Å²) in [4.78, 5) is 29.8. The average Bonchev–Trinajstić information content (AvgIpc) is 2.96. The summed E-state index contributed by atoms with van der Waals surface area (Å²) >= 11 is 1.61. The summed E-state index contributed by atoms with van der Waals surface area (Å²) < 4.78 is 1.13. The smallest absolute Gasteiger partial charge is 0.306 e. The number of carbonyl (C=O) groups is 2. The minimum absolute atomic E-state index is 0.0509. The van der Waals surface area contributed by atoms with Crippen LogP contribution in [0.1, 0.15) is 30.7 Å². The lowest BCUT2D eigenvalue weighted by molar-refractivity contribution is -0.145. The maximum Gasteiger partial charge on any atom is 0.306 e. The molecule has 0 aliphatic heterocycles. The maximum absolute atomic E-state index is 12.5. The van der Waals surface area contributed by atoms with E-state index in [1.807, 2.05) is 24.3 Å². The summed E-state index contributed by atoms with van der Waals surface area (Å²) in [5, 5.41) is 9.97. The number of carbonyl (C=O) groups excluding carboxylic acids is 1. The lowest BCUT2D eigenvalue weighted by Gasteiger charge is -2.28. The van der Waals surface area contributed by atoms with Gasteiger partial charge < -0.3 is 10.0 Å². The predicted molar refractivity (Wildman–Crippen MR) is 89.2 cm³/mol. The van der Waals surface area contributed by atoms with Gasteiger partial charge in [-0.25, -0.2) is 4.98 Å². The van der Waals surface area contributed by atoms with Crippen molar-refractivity contribution in [1.82, 2.24) is 9.88 Å². The molecule has 2 aromatic rings. The predicted octanol–water partition coefficient (Wildman–Crippen LogP) is 3.15. The molecule has 0 radical (unpaired) electrons. The molecule has 1 aliphatic carbocycles. The maximum atomic E-state index is 12.5. The number of hydrogen-bond acceptors (Lipinski definition) is 4. The van der Waals surface area contributed by atoms with Gasteiger partial charge in [-0.2, -0.15) is 0 Å². The number of benzene rings is 1. The standard InChI is InChI=1S/C17H20N2O3S/c1-19(10-15-18-13-4-2-3-5-14(13)23-15)16(20)11-6-8-12(9-7-11)17(21)22/h2-5,11-12H,6-10H2,1H3,(H,21,22). The summed E-state index contributed by atoms with van der Waals surface area (Å²) in [6.45, 7) is 0.511. The van der Waals surface area contributed by atoms with Gasteiger partial charge in [0.1, 0.15) is 5.01 Å². The zero-order valence-corrected chi connectivity index (χ0v) is 13.9. The van der Waals surface area contributed by atoms with E-state index in [0.717, 1.165) is 15.2 Å². The number of aromatic nitrogens is 1. The molecule has 1 fully saturated rings. The minimum atomic E-state index is -0.737. The zero-order valence-electron chi connectivity index (χ0n) is 13.1. The molecule has 3 rings (SSSR count). The van der Waals surface area contributed by atoms with Crippen LogP contribution in [0, 0.1) is 11.8 Å². The quantitative estimate of drug-likeness (QED) is 0.934. The summed E-state index contributed by atoms with van der Waals surface area (Å²) in [5.74, 6) is -0.967. The Balaban J connectivity index is 1.60. The summed E-state index contributed by atoms with van der Waals surface area (Å²) in [5.41, 5.74) is 0.968. The second kappa shape index (κ2) is 6.66. The van der Waals surface area contributed by atoms with Crippen LogP contribution in [0.3, 0.4) is 0 Å². The fourth-order valence-corrected chi connectivity index (χ4v) is 4.19. The van der Waals surface area contributed by atoms with E-state index in [1.54, 1.807) is 23.3 Å². The first-order chi connectivity index (χ1) is 11.0. The first-order valence-corrected chi connectivity index (χ1v) is 8.68. The number of para-hydroxylation sites is 1. The van der Waals surface area contributed by atoms with Gasteiger partial charge in [0.2, 0.25) is 5.91 Å². The lowest BCUT2D eigenvalue weighted by Crippen LogP contribution is -2.35. The molecule has 1 saturated carbocycles.